The minimum Gasteiger partial charge on any atom is -0.379 e. The molecule has 6 nitrogen and oxygen atoms in total. The van der Waals surface area contributed by atoms with Gasteiger partial charge in [-0.15, -0.1) is 0 Å². The van der Waals surface area contributed by atoms with Crippen LogP contribution < -0.4 is 10.9 Å². The van der Waals surface area contributed by atoms with E-state index in [0.717, 1.165) is 74.4 Å². The fourth-order valence-corrected chi connectivity index (χ4v) is 4.16. The molecule has 1 aromatic carbocycles. The Hall–Kier alpha value is -1.96. The smallest absolute Gasteiger partial charge is 0.253 e. The topological polar surface area (TPSA) is 60.6 Å². The minimum absolute atomic E-state index is 0.0417. The Labute approximate surface area is 178 Å². The Balaban J connectivity index is 1.75. The Morgan fingerprint density at radius 3 is 2.76 bits per heavy atom. The van der Waals surface area contributed by atoms with Gasteiger partial charge in [0, 0.05) is 49.2 Å². The molecule has 2 heterocycles. The third-order valence-electron chi connectivity index (χ3n) is 5.37. The molecule has 1 fully saturated rings. The zero-order valence-corrected chi connectivity index (χ0v) is 18.5. The van der Waals surface area contributed by atoms with Gasteiger partial charge in [0.2, 0.25) is 0 Å². The number of aryl methyl sites for hydroxylation is 2. The number of hydrogen-bond donors (Lipinski definition) is 2. The first kappa shape index (κ1) is 21.7. The summed E-state index contributed by atoms with van der Waals surface area (Å²) in [4.78, 5) is 20.3. The van der Waals surface area contributed by atoms with Crippen LogP contribution in [0, 0.1) is 13.8 Å². The molecule has 1 aliphatic rings. The third-order valence-corrected chi connectivity index (χ3v) is 5.77. The summed E-state index contributed by atoms with van der Waals surface area (Å²) in [5.41, 5.74) is 3.92. The summed E-state index contributed by atoms with van der Waals surface area (Å²) in [6, 6.07) is 6.19. The predicted molar refractivity (Wildman–Crippen MR) is 123 cm³/mol. The van der Waals surface area contributed by atoms with Gasteiger partial charge in [-0.1, -0.05) is 6.07 Å². The lowest BCUT2D eigenvalue weighted by Gasteiger charge is -2.29. The highest BCUT2D eigenvalue weighted by Crippen LogP contribution is 2.19. The van der Waals surface area contributed by atoms with Crippen molar-refractivity contribution >= 4 is 28.2 Å². The average Bonchev–Trinajstić information content (AvgIpc) is 2.69. The maximum Gasteiger partial charge on any atom is 0.253 e. The van der Waals surface area contributed by atoms with Crippen LogP contribution in [0.1, 0.15) is 30.0 Å². The number of nitrogens with one attached hydrogen (secondary N) is 2. The number of fused-ring (bicyclic) bond motifs is 1. The van der Waals surface area contributed by atoms with Gasteiger partial charge in [0.15, 0.2) is 5.11 Å². The number of benzene rings is 1. The van der Waals surface area contributed by atoms with Gasteiger partial charge >= 0.3 is 0 Å². The second kappa shape index (κ2) is 10.2. The van der Waals surface area contributed by atoms with Crippen molar-refractivity contribution in [3.05, 3.63) is 45.2 Å². The van der Waals surface area contributed by atoms with Gasteiger partial charge in [-0.2, -0.15) is 0 Å². The normalized spacial score (nSPS) is 14.9. The lowest BCUT2D eigenvalue weighted by molar-refractivity contribution is 0.0367. The summed E-state index contributed by atoms with van der Waals surface area (Å²) in [7, 11) is 0. The maximum absolute atomic E-state index is 12.7. The quantitative estimate of drug-likeness (QED) is 0.677. The number of nitrogens with zero attached hydrogens (tertiary/aromatic N) is 2. The van der Waals surface area contributed by atoms with Gasteiger partial charge in [0.25, 0.3) is 5.56 Å². The van der Waals surface area contributed by atoms with Crippen molar-refractivity contribution < 1.29 is 4.74 Å². The van der Waals surface area contributed by atoms with Gasteiger partial charge < -0.3 is 19.9 Å². The van der Waals surface area contributed by atoms with Crippen molar-refractivity contribution in [2.75, 3.05) is 45.9 Å². The number of morpholine rings is 1. The van der Waals surface area contributed by atoms with E-state index in [2.05, 4.69) is 33.1 Å². The van der Waals surface area contributed by atoms with Crippen LogP contribution in [0.25, 0.3) is 10.9 Å². The summed E-state index contributed by atoms with van der Waals surface area (Å²) in [6.07, 6.45) is 0.995. The predicted octanol–water partition coefficient (Wildman–Crippen LogP) is 2.56. The first-order valence-corrected chi connectivity index (χ1v) is 10.8. The molecule has 0 unspecified atom stereocenters. The SMILES string of the molecule is CCNC(=S)N(CCCN1CCOCC1)Cc1cc2c(C)cc(C)cc2[nH]c1=O. The van der Waals surface area contributed by atoms with Crippen molar-refractivity contribution in [2.45, 2.75) is 33.7 Å². The molecule has 1 aliphatic heterocycles. The molecule has 0 bridgehead atoms. The Morgan fingerprint density at radius 2 is 2.03 bits per heavy atom. The highest BCUT2D eigenvalue weighted by atomic mass is 32.1. The molecule has 3 rings (SSSR count). The molecule has 2 aromatic rings. The first-order valence-electron chi connectivity index (χ1n) is 10.4. The van der Waals surface area contributed by atoms with Crippen LogP contribution in [0.3, 0.4) is 0 Å². The van der Waals surface area contributed by atoms with Crippen LogP contribution in [-0.4, -0.2) is 65.8 Å². The number of aromatic nitrogens is 1. The summed E-state index contributed by atoms with van der Waals surface area (Å²) >= 11 is 5.59. The number of rotatable bonds is 7. The Bertz CT molecular complexity index is 906. The molecule has 29 heavy (non-hydrogen) atoms. The molecular formula is C22H32N4O2S. The van der Waals surface area contributed by atoms with E-state index in [4.69, 9.17) is 17.0 Å². The number of aromatic amines is 1. The summed E-state index contributed by atoms with van der Waals surface area (Å²) in [5.74, 6) is 0. The first-order chi connectivity index (χ1) is 14.0. The largest absolute Gasteiger partial charge is 0.379 e. The van der Waals surface area contributed by atoms with Crippen molar-refractivity contribution in [1.29, 1.82) is 0 Å². The number of ether oxygens (including phenoxy) is 1. The molecule has 0 aliphatic carbocycles. The zero-order valence-electron chi connectivity index (χ0n) is 17.7. The molecule has 158 valence electrons. The molecule has 7 heteroatoms. The average molecular weight is 417 g/mol. The van der Waals surface area contributed by atoms with E-state index in [1.165, 1.54) is 5.56 Å². The molecular weight excluding hydrogens is 384 g/mol. The number of thiocarbonyl (C=S) groups is 1. The molecule has 0 radical (unpaired) electrons. The van der Waals surface area contributed by atoms with Gasteiger partial charge in [-0.05, 0) is 62.7 Å². The van der Waals surface area contributed by atoms with Crippen LogP contribution in [0.4, 0.5) is 0 Å². The van der Waals surface area contributed by atoms with Crippen LogP contribution in [0.15, 0.2) is 23.0 Å². The fraction of sp³-hybridized carbons (Fsp3) is 0.545. The second-order valence-corrected chi connectivity index (χ2v) is 8.12. The van der Waals surface area contributed by atoms with Crippen LogP contribution >= 0.6 is 12.2 Å². The van der Waals surface area contributed by atoms with E-state index in [1.807, 2.05) is 26.0 Å². The summed E-state index contributed by atoms with van der Waals surface area (Å²) in [5, 5.41) is 5.04. The van der Waals surface area contributed by atoms with Crippen LogP contribution in [-0.2, 0) is 11.3 Å². The fourth-order valence-electron chi connectivity index (χ4n) is 3.86. The molecule has 0 amide bonds. The van der Waals surface area contributed by atoms with Crippen molar-refractivity contribution in [1.82, 2.24) is 20.1 Å². The summed E-state index contributed by atoms with van der Waals surface area (Å²) in [6.45, 7) is 12.9. The molecule has 1 saturated heterocycles. The van der Waals surface area contributed by atoms with Crippen molar-refractivity contribution in [3.63, 3.8) is 0 Å². The maximum atomic E-state index is 12.7. The lowest BCUT2D eigenvalue weighted by atomic mass is 10.0. The van der Waals surface area contributed by atoms with E-state index in [1.54, 1.807) is 0 Å². The number of pyridine rings is 1. The van der Waals surface area contributed by atoms with E-state index in [0.29, 0.717) is 11.7 Å². The highest BCUT2D eigenvalue weighted by Gasteiger charge is 2.15. The van der Waals surface area contributed by atoms with Crippen LogP contribution in [0.2, 0.25) is 0 Å². The number of H-pyrrole nitrogens is 1. The van der Waals surface area contributed by atoms with Crippen molar-refractivity contribution in [2.24, 2.45) is 0 Å². The highest BCUT2D eigenvalue weighted by molar-refractivity contribution is 7.80. The monoisotopic (exact) mass is 416 g/mol. The van der Waals surface area contributed by atoms with Gasteiger partial charge in [0.1, 0.15) is 0 Å². The van der Waals surface area contributed by atoms with E-state index < -0.39 is 0 Å². The summed E-state index contributed by atoms with van der Waals surface area (Å²) < 4.78 is 5.42. The second-order valence-electron chi connectivity index (χ2n) is 7.73. The molecule has 0 atom stereocenters. The lowest BCUT2D eigenvalue weighted by Crippen LogP contribution is -2.42. The van der Waals surface area contributed by atoms with Crippen LogP contribution in [0.5, 0.6) is 0 Å². The zero-order chi connectivity index (χ0) is 20.8. The van der Waals surface area contributed by atoms with E-state index in [9.17, 15) is 4.79 Å². The van der Waals surface area contributed by atoms with Gasteiger partial charge in [-0.25, -0.2) is 0 Å². The molecule has 0 saturated carbocycles. The Morgan fingerprint density at radius 1 is 1.28 bits per heavy atom. The van der Waals surface area contributed by atoms with Gasteiger partial charge in [-0.3, -0.25) is 9.69 Å². The minimum atomic E-state index is -0.0417. The standard InChI is InChI=1S/C22H32N4O2S/c1-4-23-22(29)26(7-5-6-25-8-10-28-11-9-25)15-18-14-19-17(3)12-16(2)13-20(19)24-21(18)27/h12-14H,4-11,15H2,1-3H3,(H,23,29)(H,24,27). The Kier molecular flexibility index (Phi) is 7.64. The molecule has 0 spiro atoms. The van der Waals surface area contributed by atoms with Gasteiger partial charge in [0.05, 0.1) is 19.8 Å². The molecule has 2 N–H and O–H groups in total. The van der Waals surface area contributed by atoms with E-state index in [-0.39, 0.29) is 5.56 Å². The van der Waals surface area contributed by atoms with Crippen molar-refractivity contribution in [3.8, 4) is 0 Å². The third kappa shape index (κ3) is 5.78. The van der Waals surface area contributed by atoms with E-state index >= 15 is 0 Å². The molecule has 1 aromatic heterocycles. The number of hydrogen-bond acceptors (Lipinski definition) is 4.